The Kier molecular flexibility index (Phi) is 2.76. The van der Waals surface area contributed by atoms with E-state index in [0.29, 0.717) is 0 Å². The van der Waals surface area contributed by atoms with E-state index in [9.17, 15) is 4.79 Å². The van der Waals surface area contributed by atoms with Gasteiger partial charge in [0.25, 0.3) is 0 Å². The number of carbonyl (C=O) groups excluding carboxylic acids is 1. The van der Waals surface area contributed by atoms with Gasteiger partial charge in [-0.25, -0.2) is 0 Å². The van der Waals surface area contributed by atoms with Gasteiger partial charge in [0.2, 0.25) is 5.91 Å². The Labute approximate surface area is 86.3 Å². The quantitative estimate of drug-likeness (QED) is 0.848. The van der Waals surface area contributed by atoms with Gasteiger partial charge in [0, 0.05) is 4.47 Å². The first-order valence-corrected chi connectivity index (χ1v) is 4.80. The Hall–Kier alpha value is -0.830. The standard InChI is InChI=1S/C10H12BrNO/c1-10(2,9(12)13)7-5-3-4-6-8(7)11/h3-6H,1-2H3,(H2,12,13). The number of benzene rings is 1. The SMILES string of the molecule is CC(C)(C(N)=O)c1ccccc1Br. The summed E-state index contributed by atoms with van der Waals surface area (Å²) in [7, 11) is 0. The molecule has 1 aromatic carbocycles. The summed E-state index contributed by atoms with van der Waals surface area (Å²) < 4.78 is 0.916. The predicted octanol–water partition coefficient (Wildman–Crippen LogP) is 2.21. The van der Waals surface area contributed by atoms with Crippen LogP contribution in [0.4, 0.5) is 0 Å². The van der Waals surface area contributed by atoms with Gasteiger partial charge in [-0.3, -0.25) is 4.79 Å². The second kappa shape index (κ2) is 3.50. The van der Waals surface area contributed by atoms with Crippen LogP contribution in [0.1, 0.15) is 19.4 Å². The zero-order chi connectivity index (χ0) is 10.1. The van der Waals surface area contributed by atoms with Crippen LogP contribution in [0.3, 0.4) is 0 Å². The molecule has 0 heterocycles. The molecule has 0 aliphatic heterocycles. The predicted molar refractivity (Wildman–Crippen MR) is 56.4 cm³/mol. The molecule has 0 unspecified atom stereocenters. The molecular formula is C10H12BrNO. The molecular weight excluding hydrogens is 230 g/mol. The maximum absolute atomic E-state index is 11.2. The molecule has 0 radical (unpaired) electrons. The first-order valence-electron chi connectivity index (χ1n) is 4.01. The molecule has 1 amide bonds. The van der Waals surface area contributed by atoms with Crippen molar-refractivity contribution in [3.63, 3.8) is 0 Å². The van der Waals surface area contributed by atoms with E-state index in [-0.39, 0.29) is 5.91 Å². The largest absolute Gasteiger partial charge is 0.369 e. The molecule has 0 atom stereocenters. The van der Waals surface area contributed by atoms with Gasteiger partial charge in [-0.05, 0) is 25.5 Å². The van der Waals surface area contributed by atoms with Crippen LogP contribution in [0.5, 0.6) is 0 Å². The Bertz CT molecular complexity index is 333. The highest BCUT2D eigenvalue weighted by atomic mass is 79.9. The fraction of sp³-hybridized carbons (Fsp3) is 0.300. The Morgan fingerprint density at radius 3 is 2.38 bits per heavy atom. The Balaban J connectivity index is 3.22. The maximum Gasteiger partial charge on any atom is 0.227 e. The minimum absolute atomic E-state index is 0.320. The molecule has 2 nitrogen and oxygen atoms in total. The van der Waals surface area contributed by atoms with Gasteiger partial charge in [-0.2, -0.15) is 0 Å². The molecule has 2 N–H and O–H groups in total. The number of primary amides is 1. The molecule has 0 bridgehead atoms. The monoisotopic (exact) mass is 241 g/mol. The van der Waals surface area contributed by atoms with Gasteiger partial charge < -0.3 is 5.73 Å². The summed E-state index contributed by atoms with van der Waals surface area (Å²) >= 11 is 3.39. The van der Waals surface area contributed by atoms with Crippen molar-refractivity contribution in [2.75, 3.05) is 0 Å². The van der Waals surface area contributed by atoms with Crippen molar-refractivity contribution in [3.8, 4) is 0 Å². The molecule has 0 spiro atoms. The van der Waals surface area contributed by atoms with E-state index in [4.69, 9.17) is 5.73 Å². The molecule has 1 rings (SSSR count). The lowest BCUT2D eigenvalue weighted by molar-refractivity contribution is -0.122. The fourth-order valence-electron chi connectivity index (χ4n) is 1.10. The molecule has 0 saturated carbocycles. The van der Waals surface area contributed by atoms with Gasteiger partial charge in [0.15, 0.2) is 0 Å². The number of hydrogen-bond acceptors (Lipinski definition) is 1. The van der Waals surface area contributed by atoms with Crippen molar-refractivity contribution in [2.24, 2.45) is 5.73 Å². The lowest BCUT2D eigenvalue weighted by Gasteiger charge is -2.22. The number of amides is 1. The third kappa shape index (κ3) is 1.91. The van der Waals surface area contributed by atoms with E-state index in [1.807, 2.05) is 38.1 Å². The lowest BCUT2D eigenvalue weighted by atomic mass is 9.84. The Morgan fingerprint density at radius 2 is 1.92 bits per heavy atom. The van der Waals surface area contributed by atoms with Crippen LogP contribution in [-0.4, -0.2) is 5.91 Å². The maximum atomic E-state index is 11.2. The second-order valence-corrected chi connectivity index (χ2v) is 4.32. The van der Waals surface area contributed by atoms with Gasteiger partial charge in [0.05, 0.1) is 5.41 Å². The summed E-state index contributed by atoms with van der Waals surface area (Å²) in [5, 5.41) is 0. The van der Waals surface area contributed by atoms with Gasteiger partial charge in [-0.15, -0.1) is 0 Å². The molecule has 0 fully saturated rings. The normalized spacial score (nSPS) is 11.3. The average Bonchev–Trinajstić information content (AvgIpc) is 2.04. The van der Waals surface area contributed by atoms with Crippen LogP contribution in [0.2, 0.25) is 0 Å². The minimum atomic E-state index is -0.625. The van der Waals surface area contributed by atoms with Gasteiger partial charge in [-0.1, -0.05) is 34.1 Å². The van der Waals surface area contributed by atoms with E-state index in [1.54, 1.807) is 0 Å². The van der Waals surface area contributed by atoms with Crippen molar-refractivity contribution in [1.29, 1.82) is 0 Å². The van der Waals surface area contributed by atoms with Crippen LogP contribution in [0.25, 0.3) is 0 Å². The second-order valence-electron chi connectivity index (χ2n) is 3.47. The molecule has 3 heteroatoms. The van der Waals surface area contributed by atoms with E-state index in [2.05, 4.69) is 15.9 Å². The highest BCUT2D eigenvalue weighted by Gasteiger charge is 2.28. The molecule has 1 aromatic rings. The zero-order valence-corrected chi connectivity index (χ0v) is 9.26. The summed E-state index contributed by atoms with van der Waals surface area (Å²) in [6.07, 6.45) is 0. The summed E-state index contributed by atoms with van der Waals surface area (Å²) in [6, 6.07) is 7.60. The molecule has 0 aliphatic carbocycles. The van der Waals surface area contributed by atoms with Gasteiger partial charge >= 0.3 is 0 Å². The van der Waals surface area contributed by atoms with Crippen molar-refractivity contribution in [3.05, 3.63) is 34.3 Å². The van der Waals surface area contributed by atoms with Crippen molar-refractivity contribution < 1.29 is 4.79 Å². The van der Waals surface area contributed by atoms with Crippen LogP contribution >= 0.6 is 15.9 Å². The lowest BCUT2D eigenvalue weighted by Crippen LogP contribution is -2.35. The summed E-state index contributed by atoms with van der Waals surface area (Å²) in [6.45, 7) is 3.63. The van der Waals surface area contributed by atoms with E-state index in [1.165, 1.54) is 0 Å². The van der Waals surface area contributed by atoms with Crippen LogP contribution in [0.15, 0.2) is 28.7 Å². The van der Waals surface area contributed by atoms with Gasteiger partial charge in [0.1, 0.15) is 0 Å². The highest BCUT2D eigenvalue weighted by molar-refractivity contribution is 9.10. The summed E-state index contributed by atoms with van der Waals surface area (Å²) in [5.74, 6) is -0.320. The van der Waals surface area contributed by atoms with E-state index < -0.39 is 5.41 Å². The van der Waals surface area contributed by atoms with E-state index >= 15 is 0 Å². The first-order chi connectivity index (χ1) is 5.96. The molecule has 70 valence electrons. The number of rotatable bonds is 2. The minimum Gasteiger partial charge on any atom is -0.369 e. The number of hydrogen-bond donors (Lipinski definition) is 1. The Morgan fingerprint density at radius 1 is 1.38 bits per heavy atom. The summed E-state index contributed by atoms with van der Waals surface area (Å²) in [5.41, 5.74) is 5.61. The molecule has 0 saturated heterocycles. The first kappa shape index (κ1) is 10.3. The highest BCUT2D eigenvalue weighted by Crippen LogP contribution is 2.29. The average molecular weight is 242 g/mol. The van der Waals surface area contributed by atoms with Crippen molar-refractivity contribution >= 4 is 21.8 Å². The van der Waals surface area contributed by atoms with Crippen LogP contribution in [-0.2, 0) is 10.2 Å². The fourth-order valence-corrected chi connectivity index (χ4v) is 1.88. The number of nitrogens with two attached hydrogens (primary N) is 1. The third-order valence-electron chi connectivity index (χ3n) is 2.16. The molecule has 0 aromatic heterocycles. The third-order valence-corrected chi connectivity index (χ3v) is 2.85. The smallest absolute Gasteiger partial charge is 0.227 e. The zero-order valence-electron chi connectivity index (χ0n) is 7.67. The number of halogens is 1. The van der Waals surface area contributed by atoms with Crippen molar-refractivity contribution in [1.82, 2.24) is 0 Å². The molecule has 13 heavy (non-hydrogen) atoms. The van der Waals surface area contributed by atoms with Crippen LogP contribution in [0, 0.1) is 0 Å². The topological polar surface area (TPSA) is 43.1 Å². The van der Waals surface area contributed by atoms with Crippen molar-refractivity contribution in [2.45, 2.75) is 19.3 Å². The number of carbonyl (C=O) groups is 1. The molecule has 0 aliphatic rings. The van der Waals surface area contributed by atoms with Crippen LogP contribution < -0.4 is 5.73 Å². The van der Waals surface area contributed by atoms with E-state index in [0.717, 1.165) is 10.0 Å². The summed E-state index contributed by atoms with van der Waals surface area (Å²) in [4.78, 5) is 11.2.